The number of benzene rings is 2. The van der Waals surface area contributed by atoms with Crippen LogP contribution in [-0.2, 0) is 4.74 Å². The number of amides is 1. The second kappa shape index (κ2) is 7.62. The molecular formula is C26H28N4O2. The topological polar surface area (TPSA) is 60.2 Å². The molecule has 1 fully saturated rings. The minimum Gasteiger partial charge on any atom is -0.444 e. The lowest BCUT2D eigenvalue weighted by Gasteiger charge is -2.24. The molecule has 0 radical (unpaired) electrons. The number of hydrogen-bond acceptors (Lipinski definition) is 4. The van der Waals surface area contributed by atoms with E-state index in [-0.39, 0.29) is 12.1 Å². The van der Waals surface area contributed by atoms with Crippen LogP contribution < -0.4 is 0 Å². The lowest BCUT2D eigenvalue weighted by molar-refractivity contribution is 0.0289. The molecule has 32 heavy (non-hydrogen) atoms. The van der Waals surface area contributed by atoms with E-state index in [1.165, 1.54) is 10.8 Å². The highest BCUT2D eigenvalue weighted by Gasteiger charge is 2.32. The van der Waals surface area contributed by atoms with Crippen molar-refractivity contribution in [1.82, 2.24) is 19.4 Å². The fraction of sp³-hybridized carbons (Fsp3) is 0.346. The Morgan fingerprint density at radius 2 is 1.88 bits per heavy atom. The number of carbonyl (C=O) groups excluding carboxylic acids is 1. The zero-order valence-corrected chi connectivity index (χ0v) is 19.0. The van der Waals surface area contributed by atoms with Crippen LogP contribution in [-0.4, -0.2) is 44.2 Å². The highest BCUT2D eigenvalue weighted by Crippen LogP contribution is 2.33. The van der Waals surface area contributed by atoms with E-state index in [9.17, 15) is 4.79 Å². The van der Waals surface area contributed by atoms with Gasteiger partial charge in [-0.05, 0) is 62.6 Å². The third kappa shape index (κ3) is 3.70. The standard InChI is InChI=1S/C26H28N4O2/c1-17-28-23-22(20-10-9-18-7-5-6-8-19(18)15-20)11-13-27-24(23)30(17)21-12-14-29(16-21)25(31)32-26(2,3)4/h5-11,13,15,21H,12,14,16H2,1-4H3/t21-/m1/s1. The van der Waals surface area contributed by atoms with Crippen molar-refractivity contribution in [2.75, 3.05) is 13.1 Å². The summed E-state index contributed by atoms with van der Waals surface area (Å²) in [6.45, 7) is 8.97. The Kier molecular flexibility index (Phi) is 4.88. The summed E-state index contributed by atoms with van der Waals surface area (Å²) >= 11 is 0. The van der Waals surface area contributed by atoms with Crippen LogP contribution in [0.15, 0.2) is 54.7 Å². The van der Waals surface area contributed by atoms with Crippen molar-refractivity contribution in [2.24, 2.45) is 0 Å². The smallest absolute Gasteiger partial charge is 0.410 e. The van der Waals surface area contributed by atoms with Crippen molar-refractivity contribution in [3.05, 3.63) is 60.6 Å². The molecule has 6 nitrogen and oxygen atoms in total. The Balaban J connectivity index is 1.50. The fourth-order valence-corrected chi connectivity index (χ4v) is 4.57. The summed E-state index contributed by atoms with van der Waals surface area (Å²) in [4.78, 5) is 23.9. The minimum absolute atomic E-state index is 0.131. The van der Waals surface area contributed by atoms with E-state index in [0.717, 1.165) is 34.5 Å². The van der Waals surface area contributed by atoms with Crippen LogP contribution in [0, 0.1) is 6.92 Å². The van der Waals surface area contributed by atoms with Crippen LogP contribution in [0.2, 0.25) is 0 Å². The highest BCUT2D eigenvalue weighted by atomic mass is 16.6. The number of aryl methyl sites for hydroxylation is 1. The molecule has 0 spiro atoms. The molecular weight excluding hydrogens is 400 g/mol. The zero-order valence-electron chi connectivity index (χ0n) is 19.0. The minimum atomic E-state index is -0.497. The molecule has 164 valence electrons. The predicted octanol–water partition coefficient (Wildman–Crippen LogP) is 5.74. The predicted molar refractivity (Wildman–Crippen MR) is 127 cm³/mol. The second-order valence-electron chi connectivity index (χ2n) is 9.49. The molecule has 1 saturated heterocycles. The third-order valence-corrected chi connectivity index (χ3v) is 6.00. The van der Waals surface area contributed by atoms with Crippen LogP contribution in [0.1, 0.15) is 39.1 Å². The largest absolute Gasteiger partial charge is 0.444 e. The molecule has 2 aromatic heterocycles. The van der Waals surface area contributed by atoms with E-state index in [4.69, 9.17) is 14.7 Å². The normalized spacial score (nSPS) is 16.8. The summed E-state index contributed by atoms with van der Waals surface area (Å²) in [6.07, 6.45) is 2.45. The van der Waals surface area contributed by atoms with Gasteiger partial charge in [0.05, 0.1) is 6.04 Å². The molecule has 3 heterocycles. The van der Waals surface area contributed by atoms with Crippen molar-refractivity contribution in [1.29, 1.82) is 0 Å². The van der Waals surface area contributed by atoms with Crippen LogP contribution in [0.5, 0.6) is 0 Å². The van der Waals surface area contributed by atoms with E-state index in [1.807, 2.05) is 40.0 Å². The van der Waals surface area contributed by atoms with Gasteiger partial charge in [0.2, 0.25) is 0 Å². The molecule has 1 amide bonds. The first-order valence-corrected chi connectivity index (χ1v) is 11.1. The first-order chi connectivity index (χ1) is 15.3. The monoisotopic (exact) mass is 428 g/mol. The number of ether oxygens (including phenoxy) is 1. The van der Waals surface area contributed by atoms with Gasteiger partial charge in [-0.15, -0.1) is 0 Å². The van der Waals surface area contributed by atoms with Gasteiger partial charge in [0.15, 0.2) is 5.65 Å². The van der Waals surface area contributed by atoms with Crippen molar-refractivity contribution >= 4 is 28.0 Å². The number of rotatable bonds is 2. The molecule has 2 aromatic carbocycles. The summed E-state index contributed by atoms with van der Waals surface area (Å²) in [5, 5.41) is 2.42. The molecule has 4 aromatic rings. The van der Waals surface area contributed by atoms with Gasteiger partial charge < -0.3 is 14.2 Å². The third-order valence-electron chi connectivity index (χ3n) is 6.00. The number of hydrogen-bond donors (Lipinski definition) is 0. The number of fused-ring (bicyclic) bond motifs is 2. The first-order valence-electron chi connectivity index (χ1n) is 11.1. The number of nitrogens with zero attached hydrogens (tertiary/aromatic N) is 4. The molecule has 0 unspecified atom stereocenters. The van der Waals surface area contributed by atoms with Crippen LogP contribution in [0.25, 0.3) is 33.1 Å². The van der Waals surface area contributed by atoms with Gasteiger partial charge in [-0.2, -0.15) is 0 Å². The second-order valence-corrected chi connectivity index (χ2v) is 9.49. The molecule has 0 aliphatic carbocycles. The van der Waals surface area contributed by atoms with Crippen molar-refractivity contribution < 1.29 is 9.53 Å². The Labute approximate surface area is 187 Å². The van der Waals surface area contributed by atoms with Gasteiger partial charge in [0, 0.05) is 24.8 Å². The van der Waals surface area contributed by atoms with E-state index >= 15 is 0 Å². The fourth-order valence-electron chi connectivity index (χ4n) is 4.57. The quantitative estimate of drug-likeness (QED) is 0.408. The average molecular weight is 429 g/mol. The average Bonchev–Trinajstić information content (AvgIpc) is 3.35. The Bertz CT molecular complexity index is 1320. The molecule has 1 atom stereocenters. The summed E-state index contributed by atoms with van der Waals surface area (Å²) in [5.74, 6) is 0.914. The number of aromatic nitrogens is 3. The van der Waals surface area contributed by atoms with Gasteiger partial charge in [0.1, 0.15) is 16.9 Å². The van der Waals surface area contributed by atoms with Gasteiger partial charge in [-0.25, -0.2) is 14.8 Å². The maximum atomic E-state index is 12.5. The number of imidazole rings is 1. The van der Waals surface area contributed by atoms with Gasteiger partial charge in [-0.3, -0.25) is 0 Å². The molecule has 1 aliphatic rings. The Morgan fingerprint density at radius 3 is 2.66 bits per heavy atom. The summed E-state index contributed by atoms with van der Waals surface area (Å²) in [6, 6.07) is 17.0. The van der Waals surface area contributed by atoms with Crippen molar-refractivity contribution in [2.45, 2.75) is 45.8 Å². The molecule has 0 saturated carbocycles. The van der Waals surface area contributed by atoms with Gasteiger partial charge in [0.25, 0.3) is 0 Å². The summed E-state index contributed by atoms with van der Waals surface area (Å²) in [7, 11) is 0. The van der Waals surface area contributed by atoms with Gasteiger partial charge >= 0.3 is 6.09 Å². The molecule has 6 heteroatoms. The molecule has 0 bridgehead atoms. The van der Waals surface area contributed by atoms with Crippen LogP contribution >= 0.6 is 0 Å². The van der Waals surface area contributed by atoms with E-state index < -0.39 is 5.60 Å². The van der Waals surface area contributed by atoms with E-state index in [1.54, 1.807) is 4.90 Å². The van der Waals surface area contributed by atoms with E-state index in [2.05, 4.69) is 47.0 Å². The maximum absolute atomic E-state index is 12.5. The summed E-state index contributed by atoms with van der Waals surface area (Å²) < 4.78 is 7.75. The lowest BCUT2D eigenvalue weighted by Crippen LogP contribution is -2.35. The number of likely N-dealkylation sites (tertiary alicyclic amines) is 1. The Morgan fingerprint density at radius 1 is 1.09 bits per heavy atom. The van der Waals surface area contributed by atoms with Crippen molar-refractivity contribution in [3.63, 3.8) is 0 Å². The van der Waals surface area contributed by atoms with Gasteiger partial charge in [-0.1, -0.05) is 36.4 Å². The number of pyridine rings is 1. The maximum Gasteiger partial charge on any atom is 0.410 e. The molecule has 0 N–H and O–H groups in total. The highest BCUT2D eigenvalue weighted by molar-refractivity contribution is 5.94. The molecule has 5 rings (SSSR count). The van der Waals surface area contributed by atoms with Crippen LogP contribution in [0.3, 0.4) is 0 Å². The lowest BCUT2D eigenvalue weighted by atomic mass is 10.0. The van der Waals surface area contributed by atoms with Crippen LogP contribution in [0.4, 0.5) is 4.79 Å². The van der Waals surface area contributed by atoms with Crippen molar-refractivity contribution in [3.8, 4) is 11.1 Å². The Hall–Kier alpha value is -3.41. The zero-order chi connectivity index (χ0) is 22.5. The first kappa shape index (κ1) is 20.5. The summed E-state index contributed by atoms with van der Waals surface area (Å²) in [5.41, 5.74) is 3.47. The van der Waals surface area contributed by atoms with E-state index in [0.29, 0.717) is 13.1 Å². The molecule has 1 aliphatic heterocycles. The SMILES string of the molecule is Cc1nc2c(-c3ccc4ccccc4c3)ccnc2n1[C@@H]1CCN(C(=O)OC(C)(C)C)C1. The number of carbonyl (C=O) groups is 1.